The lowest BCUT2D eigenvalue weighted by Gasteiger charge is -2.40. The minimum atomic E-state index is 0.563. The summed E-state index contributed by atoms with van der Waals surface area (Å²) in [5.74, 6) is 0. The lowest BCUT2D eigenvalue weighted by molar-refractivity contribution is 0.117. The number of rotatable bonds is 2. The average Bonchev–Trinajstić information content (AvgIpc) is 2.91. The van der Waals surface area contributed by atoms with Gasteiger partial charge in [0.25, 0.3) is 0 Å². The highest BCUT2D eigenvalue weighted by molar-refractivity contribution is 5.30. The molecule has 0 saturated heterocycles. The Balaban J connectivity index is 1.84. The summed E-state index contributed by atoms with van der Waals surface area (Å²) in [5.41, 5.74) is 9.01. The quantitative estimate of drug-likeness (QED) is 0.845. The molecule has 92 valence electrons. The summed E-state index contributed by atoms with van der Waals surface area (Å²) in [4.78, 5) is 2.68. The first-order valence-corrected chi connectivity index (χ1v) is 6.91. The monoisotopic (exact) mass is 230 g/mol. The number of nitrogens with zero attached hydrogens (tertiary/aromatic N) is 1. The van der Waals surface area contributed by atoms with Crippen LogP contribution < -0.4 is 5.73 Å². The van der Waals surface area contributed by atoms with Gasteiger partial charge in [-0.25, -0.2) is 0 Å². The molecule has 2 aliphatic rings. The van der Waals surface area contributed by atoms with Crippen LogP contribution in [0.5, 0.6) is 0 Å². The second kappa shape index (κ2) is 4.79. The Labute approximate surface area is 104 Å². The molecule has 1 aromatic rings. The van der Waals surface area contributed by atoms with Gasteiger partial charge in [-0.1, -0.05) is 37.1 Å². The number of fused-ring (bicyclic) bond motifs is 1. The SMILES string of the molecule is NCC1Cc2ccccc2CN1C1CCCC1. The van der Waals surface area contributed by atoms with Gasteiger partial charge in [0.05, 0.1) is 0 Å². The molecule has 17 heavy (non-hydrogen) atoms. The maximum Gasteiger partial charge on any atom is 0.0265 e. The predicted octanol–water partition coefficient (Wildman–Crippen LogP) is 2.31. The molecule has 1 atom stereocenters. The average molecular weight is 230 g/mol. The van der Waals surface area contributed by atoms with E-state index in [1.807, 2.05) is 0 Å². The topological polar surface area (TPSA) is 29.3 Å². The Morgan fingerprint density at radius 3 is 2.53 bits per heavy atom. The molecule has 2 nitrogen and oxygen atoms in total. The molecule has 1 aliphatic carbocycles. The normalized spacial score (nSPS) is 26.1. The van der Waals surface area contributed by atoms with Crippen molar-refractivity contribution in [2.24, 2.45) is 5.73 Å². The molecule has 1 aliphatic heterocycles. The van der Waals surface area contributed by atoms with Gasteiger partial charge in [-0.2, -0.15) is 0 Å². The van der Waals surface area contributed by atoms with E-state index >= 15 is 0 Å². The summed E-state index contributed by atoms with van der Waals surface area (Å²) in [6, 6.07) is 10.2. The smallest absolute Gasteiger partial charge is 0.0265 e. The second-order valence-corrected chi connectivity index (χ2v) is 5.47. The Hall–Kier alpha value is -0.860. The summed E-state index contributed by atoms with van der Waals surface area (Å²) in [5, 5.41) is 0. The molecule has 1 aromatic carbocycles. The second-order valence-electron chi connectivity index (χ2n) is 5.47. The van der Waals surface area contributed by atoms with Crippen molar-refractivity contribution in [3.63, 3.8) is 0 Å². The Morgan fingerprint density at radius 2 is 1.82 bits per heavy atom. The van der Waals surface area contributed by atoms with Crippen LogP contribution in [0, 0.1) is 0 Å². The van der Waals surface area contributed by atoms with Gasteiger partial charge in [-0.05, 0) is 30.4 Å². The zero-order valence-corrected chi connectivity index (χ0v) is 10.4. The van der Waals surface area contributed by atoms with Crippen molar-refractivity contribution in [1.82, 2.24) is 4.90 Å². The summed E-state index contributed by atoms with van der Waals surface area (Å²) in [7, 11) is 0. The maximum atomic E-state index is 5.98. The number of benzene rings is 1. The molecule has 0 radical (unpaired) electrons. The van der Waals surface area contributed by atoms with Gasteiger partial charge in [0.2, 0.25) is 0 Å². The molecule has 0 aromatic heterocycles. The largest absolute Gasteiger partial charge is 0.329 e. The standard InChI is InChI=1S/C15H22N2/c16-10-15-9-12-5-1-2-6-13(12)11-17(15)14-7-3-4-8-14/h1-2,5-6,14-15H,3-4,7-11,16H2. The van der Waals surface area contributed by atoms with Gasteiger partial charge in [0, 0.05) is 25.2 Å². The van der Waals surface area contributed by atoms with Crippen molar-refractivity contribution < 1.29 is 0 Å². The van der Waals surface area contributed by atoms with Crippen molar-refractivity contribution in [1.29, 1.82) is 0 Å². The third-order valence-corrected chi connectivity index (χ3v) is 4.46. The molecular formula is C15H22N2. The molecule has 1 heterocycles. The lowest BCUT2D eigenvalue weighted by atomic mass is 9.92. The van der Waals surface area contributed by atoms with Gasteiger partial charge in [0.1, 0.15) is 0 Å². The minimum absolute atomic E-state index is 0.563. The third-order valence-electron chi connectivity index (χ3n) is 4.46. The zero-order chi connectivity index (χ0) is 11.7. The van der Waals surface area contributed by atoms with Crippen molar-refractivity contribution in [2.45, 2.75) is 50.7 Å². The highest BCUT2D eigenvalue weighted by atomic mass is 15.2. The molecule has 1 saturated carbocycles. The first-order chi connectivity index (χ1) is 8.38. The first kappa shape index (κ1) is 11.2. The molecule has 0 amide bonds. The van der Waals surface area contributed by atoms with E-state index in [0.717, 1.165) is 25.6 Å². The van der Waals surface area contributed by atoms with Gasteiger partial charge < -0.3 is 5.73 Å². The molecule has 0 spiro atoms. The van der Waals surface area contributed by atoms with Gasteiger partial charge in [0.15, 0.2) is 0 Å². The van der Waals surface area contributed by atoms with Crippen LogP contribution in [0.1, 0.15) is 36.8 Å². The predicted molar refractivity (Wildman–Crippen MR) is 70.8 cm³/mol. The Bertz CT molecular complexity index is 382. The highest BCUT2D eigenvalue weighted by Crippen LogP contribution is 2.31. The summed E-state index contributed by atoms with van der Waals surface area (Å²) in [6.45, 7) is 1.91. The van der Waals surface area contributed by atoms with E-state index in [-0.39, 0.29) is 0 Å². The van der Waals surface area contributed by atoms with Crippen molar-refractivity contribution in [3.8, 4) is 0 Å². The van der Waals surface area contributed by atoms with Crippen LogP contribution in [0.3, 0.4) is 0 Å². The fraction of sp³-hybridized carbons (Fsp3) is 0.600. The molecule has 0 bridgehead atoms. The first-order valence-electron chi connectivity index (χ1n) is 6.91. The summed E-state index contributed by atoms with van der Waals surface area (Å²) >= 11 is 0. The molecule has 2 N–H and O–H groups in total. The van der Waals surface area contributed by atoms with Gasteiger partial charge in [-0.3, -0.25) is 4.90 Å². The highest BCUT2D eigenvalue weighted by Gasteiger charge is 2.31. The van der Waals surface area contributed by atoms with Gasteiger partial charge in [-0.15, -0.1) is 0 Å². The molecule has 1 unspecified atom stereocenters. The van der Waals surface area contributed by atoms with E-state index < -0.39 is 0 Å². The fourth-order valence-electron chi connectivity index (χ4n) is 3.49. The molecular weight excluding hydrogens is 208 g/mol. The van der Waals surface area contributed by atoms with Crippen LogP contribution >= 0.6 is 0 Å². The fourth-order valence-corrected chi connectivity index (χ4v) is 3.49. The van der Waals surface area contributed by atoms with E-state index in [1.54, 1.807) is 0 Å². The van der Waals surface area contributed by atoms with Gasteiger partial charge >= 0.3 is 0 Å². The van der Waals surface area contributed by atoms with Crippen LogP contribution in [0.4, 0.5) is 0 Å². The van der Waals surface area contributed by atoms with E-state index in [0.29, 0.717) is 6.04 Å². The molecule has 1 fully saturated rings. The Morgan fingerprint density at radius 1 is 1.12 bits per heavy atom. The molecule has 2 heteroatoms. The van der Waals surface area contributed by atoms with Crippen molar-refractivity contribution >= 4 is 0 Å². The van der Waals surface area contributed by atoms with E-state index in [1.165, 1.54) is 36.8 Å². The van der Waals surface area contributed by atoms with Crippen LogP contribution in [0.15, 0.2) is 24.3 Å². The number of nitrogens with two attached hydrogens (primary N) is 1. The van der Waals surface area contributed by atoms with Crippen LogP contribution in [0.2, 0.25) is 0 Å². The molecule has 3 rings (SSSR count). The van der Waals surface area contributed by atoms with Crippen molar-refractivity contribution in [3.05, 3.63) is 35.4 Å². The summed E-state index contributed by atoms with van der Waals surface area (Å²) in [6.07, 6.45) is 6.70. The maximum absolute atomic E-state index is 5.98. The van der Waals surface area contributed by atoms with Crippen molar-refractivity contribution in [2.75, 3.05) is 6.54 Å². The number of hydrogen-bond acceptors (Lipinski definition) is 2. The van der Waals surface area contributed by atoms with E-state index in [2.05, 4.69) is 29.2 Å². The minimum Gasteiger partial charge on any atom is -0.329 e. The van der Waals surface area contributed by atoms with Crippen LogP contribution in [-0.2, 0) is 13.0 Å². The summed E-state index contributed by atoms with van der Waals surface area (Å²) < 4.78 is 0. The van der Waals surface area contributed by atoms with E-state index in [9.17, 15) is 0 Å². The zero-order valence-electron chi connectivity index (χ0n) is 10.4. The third kappa shape index (κ3) is 2.12. The van der Waals surface area contributed by atoms with Crippen LogP contribution in [-0.4, -0.2) is 23.5 Å². The Kier molecular flexibility index (Phi) is 3.17. The van der Waals surface area contributed by atoms with Crippen LogP contribution in [0.25, 0.3) is 0 Å². The number of hydrogen-bond donors (Lipinski definition) is 1. The lowest BCUT2D eigenvalue weighted by Crippen LogP contribution is -2.49. The van der Waals surface area contributed by atoms with E-state index in [4.69, 9.17) is 5.73 Å².